The summed E-state index contributed by atoms with van der Waals surface area (Å²) in [5, 5.41) is 26.1. The van der Waals surface area contributed by atoms with Gasteiger partial charge in [0.25, 0.3) is 5.97 Å². The quantitative estimate of drug-likeness (QED) is 0.779. The van der Waals surface area contributed by atoms with Gasteiger partial charge in [-0.05, 0) is 18.1 Å². The third kappa shape index (κ3) is 6.01. The molecule has 0 bridgehead atoms. The first-order valence-electron chi connectivity index (χ1n) is 6.01. The van der Waals surface area contributed by atoms with Crippen molar-refractivity contribution >= 4 is 11.9 Å². The van der Waals surface area contributed by atoms with Crippen LogP contribution >= 0.6 is 0 Å². The zero-order valence-electron chi connectivity index (χ0n) is 11.3. The number of carboxylic acids is 2. The van der Waals surface area contributed by atoms with Crippen molar-refractivity contribution in [3.63, 3.8) is 0 Å². The topological polar surface area (TPSA) is 94.8 Å². The van der Waals surface area contributed by atoms with Crippen LogP contribution in [0.15, 0.2) is 24.3 Å². The molecule has 2 unspecified atom stereocenters. The second kappa shape index (κ2) is 8.26. The van der Waals surface area contributed by atoms with Crippen LogP contribution in [0.5, 0.6) is 0 Å². The second-order valence-electron chi connectivity index (χ2n) is 4.18. The van der Waals surface area contributed by atoms with Gasteiger partial charge in [0, 0.05) is 12.8 Å². The Hall–Kier alpha value is -1.88. The Morgan fingerprint density at radius 1 is 1.21 bits per heavy atom. The molecule has 0 saturated heterocycles. The Labute approximate surface area is 112 Å². The first kappa shape index (κ1) is 17.1. The molecule has 1 aromatic carbocycles. The number of carboxylic acid groups (broad SMARTS) is 2. The summed E-state index contributed by atoms with van der Waals surface area (Å²) in [5.41, 5.74) is 0.969. The highest BCUT2D eigenvalue weighted by atomic mass is 16.4. The van der Waals surface area contributed by atoms with E-state index in [9.17, 15) is 9.90 Å². The van der Waals surface area contributed by atoms with E-state index >= 15 is 0 Å². The third-order valence-corrected chi connectivity index (χ3v) is 2.68. The lowest BCUT2D eigenvalue weighted by molar-refractivity contribution is -0.134. The van der Waals surface area contributed by atoms with Gasteiger partial charge in [0.15, 0.2) is 0 Å². The van der Waals surface area contributed by atoms with Crippen molar-refractivity contribution in [1.29, 1.82) is 0 Å². The maximum atomic E-state index is 11.0. The van der Waals surface area contributed by atoms with E-state index < -0.39 is 18.0 Å². The molecule has 0 heterocycles. The molecule has 1 rings (SSSR count). The Morgan fingerprint density at radius 2 is 1.68 bits per heavy atom. The van der Waals surface area contributed by atoms with Gasteiger partial charge in [0.1, 0.15) is 0 Å². The number of aliphatic hydroxyl groups is 1. The van der Waals surface area contributed by atoms with Gasteiger partial charge in [0.2, 0.25) is 0 Å². The molecule has 0 saturated carbocycles. The van der Waals surface area contributed by atoms with Crippen molar-refractivity contribution in [2.45, 2.75) is 39.2 Å². The SMILES string of the molecule is CC(=O)O.CCC(O)C(C)c1ccccc1C(=O)O. The van der Waals surface area contributed by atoms with E-state index in [1.54, 1.807) is 24.3 Å². The van der Waals surface area contributed by atoms with Gasteiger partial charge in [-0.3, -0.25) is 4.79 Å². The van der Waals surface area contributed by atoms with E-state index in [0.717, 1.165) is 6.92 Å². The number of hydrogen-bond donors (Lipinski definition) is 3. The summed E-state index contributed by atoms with van der Waals surface area (Å²) in [6.07, 6.45) is 0.125. The maximum absolute atomic E-state index is 11.0. The molecular weight excluding hydrogens is 248 g/mol. The van der Waals surface area contributed by atoms with Gasteiger partial charge in [-0.2, -0.15) is 0 Å². The highest BCUT2D eigenvalue weighted by molar-refractivity contribution is 5.89. The molecule has 0 amide bonds. The van der Waals surface area contributed by atoms with Gasteiger partial charge in [-0.1, -0.05) is 32.0 Å². The summed E-state index contributed by atoms with van der Waals surface area (Å²) >= 11 is 0. The van der Waals surface area contributed by atoms with Crippen LogP contribution in [0.2, 0.25) is 0 Å². The molecule has 0 aromatic heterocycles. The molecule has 0 spiro atoms. The number of aliphatic carboxylic acids is 1. The molecular formula is C14H20O5. The monoisotopic (exact) mass is 268 g/mol. The van der Waals surface area contributed by atoms with Crippen molar-refractivity contribution < 1.29 is 24.9 Å². The fourth-order valence-electron chi connectivity index (χ4n) is 1.65. The summed E-state index contributed by atoms with van der Waals surface area (Å²) in [4.78, 5) is 20.0. The molecule has 0 aliphatic heterocycles. The minimum atomic E-state index is -0.944. The van der Waals surface area contributed by atoms with Crippen molar-refractivity contribution in [3.8, 4) is 0 Å². The van der Waals surface area contributed by atoms with Crippen molar-refractivity contribution in [2.24, 2.45) is 0 Å². The number of aromatic carboxylic acids is 1. The van der Waals surface area contributed by atoms with Crippen LogP contribution in [0.3, 0.4) is 0 Å². The molecule has 1 aromatic rings. The normalized spacial score (nSPS) is 12.8. The first-order valence-corrected chi connectivity index (χ1v) is 6.01. The summed E-state index contributed by atoms with van der Waals surface area (Å²) < 4.78 is 0. The van der Waals surface area contributed by atoms with E-state index in [1.807, 2.05) is 13.8 Å². The van der Waals surface area contributed by atoms with Gasteiger partial charge in [-0.15, -0.1) is 0 Å². The molecule has 106 valence electrons. The minimum absolute atomic E-state index is 0.151. The number of hydrogen-bond acceptors (Lipinski definition) is 3. The van der Waals surface area contributed by atoms with Gasteiger partial charge in [-0.25, -0.2) is 4.79 Å². The Bertz CT molecular complexity index is 424. The molecule has 19 heavy (non-hydrogen) atoms. The van der Waals surface area contributed by atoms with E-state index in [2.05, 4.69) is 0 Å². The number of carbonyl (C=O) groups is 2. The first-order chi connectivity index (χ1) is 8.81. The summed E-state index contributed by atoms with van der Waals surface area (Å²) in [7, 11) is 0. The van der Waals surface area contributed by atoms with Crippen LogP contribution in [0.25, 0.3) is 0 Å². The van der Waals surface area contributed by atoms with Crippen LogP contribution in [0.1, 0.15) is 49.0 Å². The average Bonchev–Trinajstić information content (AvgIpc) is 2.36. The molecule has 0 radical (unpaired) electrons. The van der Waals surface area contributed by atoms with Gasteiger partial charge < -0.3 is 15.3 Å². The zero-order valence-corrected chi connectivity index (χ0v) is 11.3. The standard InChI is InChI=1S/C12H16O3.C2H4O2/c1-3-11(13)8(2)9-6-4-5-7-10(9)12(14)15;1-2(3)4/h4-8,11,13H,3H2,1-2H3,(H,14,15);1H3,(H,3,4). The molecule has 3 N–H and O–H groups in total. The van der Waals surface area contributed by atoms with Gasteiger partial charge in [0.05, 0.1) is 11.7 Å². The largest absolute Gasteiger partial charge is 0.481 e. The Morgan fingerprint density at radius 3 is 2.11 bits per heavy atom. The van der Waals surface area contributed by atoms with E-state index in [0.29, 0.717) is 12.0 Å². The van der Waals surface area contributed by atoms with Crippen molar-refractivity contribution in [3.05, 3.63) is 35.4 Å². The molecule has 0 aliphatic carbocycles. The smallest absolute Gasteiger partial charge is 0.335 e. The third-order valence-electron chi connectivity index (χ3n) is 2.68. The van der Waals surface area contributed by atoms with Crippen LogP contribution in [0, 0.1) is 0 Å². The molecule has 0 fully saturated rings. The highest BCUT2D eigenvalue weighted by Gasteiger charge is 2.19. The highest BCUT2D eigenvalue weighted by Crippen LogP contribution is 2.24. The fourth-order valence-corrected chi connectivity index (χ4v) is 1.65. The van der Waals surface area contributed by atoms with Crippen molar-refractivity contribution in [2.75, 3.05) is 0 Å². The molecule has 2 atom stereocenters. The van der Waals surface area contributed by atoms with Crippen LogP contribution in [-0.4, -0.2) is 33.4 Å². The predicted molar refractivity (Wildman–Crippen MR) is 71.4 cm³/mol. The number of benzene rings is 1. The van der Waals surface area contributed by atoms with Crippen LogP contribution in [-0.2, 0) is 4.79 Å². The lowest BCUT2D eigenvalue weighted by Gasteiger charge is -2.19. The van der Waals surface area contributed by atoms with Crippen molar-refractivity contribution in [1.82, 2.24) is 0 Å². The zero-order chi connectivity index (χ0) is 15.0. The molecule has 5 heteroatoms. The second-order valence-corrected chi connectivity index (χ2v) is 4.18. The van der Waals surface area contributed by atoms with E-state index in [4.69, 9.17) is 15.0 Å². The Balaban J connectivity index is 0.000000711. The predicted octanol–water partition coefficient (Wildman–Crippen LogP) is 2.35. The van der Waals surface area contributed by atoms with Crippen LogP contribution in [0.4, 0.5) is 0 Å². The number of aliphatic hydroxyl groups excluding tert-OH is 1. The summed E-state index contributed by atoms with van der Waals surface area (Å²) in [6, 6.07) is 6.81. The Kier molecular flexibility index (Phi) is 7.44. The maximum Gasteiger partial charge on any atom is 0.335 e. The van der Waals surface area contributed by atoms with E-state index in [-0.39, 0.29) is 11.5 Å². The fraction of sp³-hybridized carbons (Fsp3) is 0.429. The minimum Gasteiger partial charge on any atom is -0.481 e. The lowest BCUT2D eigenvalue weighted by atomic mass is 9.90. The number of rotatable bonds is 4. The van der Waals surface area contributed by atoms with Crippen LogP contribution < -0.4 is 0 Å². The summed E-state index contributed by atoms with van der Waals surface area (Å²) in [5.74, 6) is -1.93. The van der Waals surface area contributed by atoms with E-state index in [1.165, 1.54) is 0 Å². The molecule has 0 aliphatic rings. The summed E-state index contributed by atoms with van der Waals surface area (Å²) in [6.45, 7) is 4.81. The van der Waals surface area contributed by atoms with Gasteiger partial charge >= 0.3 is 5.97 Å². The molecule has 5 nitrogen and oxygen atoms in total. The lowest BCUT2D eigenvalue weighted by Crippen LogP contribution is -2.17. The average molecular weight is 268 g/mol.